The van der Waals surface area contributed by atoms with E-state index >= 15 is 0 Å². The fourth-order valence-corrected chi connectivity index (χ4v) is 5.64. The van der Waals surface area contributed by atoms with Gasteiger partial charge in [-0.15, -0.1) is 0 Å². The third-order valence-corrected chi connectivity index (χ3v) is 7.33. The van der Waals surface area contributed by atoms with Gasteiger partial charge in [-0.3, -0.25) is 9.63 Å². The Hall–Kier alpha value is -1.29. The van der Waals surface area contributed by atoms with Gasteiger partial charge in [-0.25, -0.2) is 13.5 Å². The van der Waals surface area contributed by atoms with Crippen LogP contribution in [0.25, 0.3) is 0 Å². The molecule has 1 aliphatic heterocycles. The predicted octanol–water partition coefficient (Wildman–Crippen LogP) is 2.13. The van der Waals surface area contributed by atoms with Gasteiger partial charge >= 0.3 is 0 Å². The lowest BCUT2D eigenvalue weighted by Gasteiger charge is -2.22. The molecule has 1 aromatic carbocycles. The minimum Gasteiger partial charge on any atom is -0.497 e. The summed E-state index contributed by atoms with van der Waals surface area (Å²) in [5.74, 6) is 1.48. The van der Waals surface area contributed by atoms with Crippen molar-refractivity contribution in [1.29, 1.82) is 0 Å². The summed E-state index contributed by atoms with van der Waals surface area (Å²) in [6.07, 6.45) is 2.74. The van der Waals surface area contributed by atoms with Crippen LogP contribution in [0, 0.1) is 0 Å². The van der Waals surface area contributed by atoms with E-state index < -0.39 is 10.0 Å². The maximum atomic E-state index is 12.2. The number of benzene rings is 1. The van der Waals surface area contributed by atoms with E-state index in [0.717, 1.165) is 17.9 Å². The standard InChI is InChI=1S/C18H28N2O5S2/c1-19(25-3)18(21)10-7-15-11-17(12-20(15)27(4,22)23)26-13-14-5-8-16(24-2)9-6-14/h5-6,8-9,15,17H,7,10-13H2,1-4H3. The zero-order chi connectivity index (χ0) is 20.0. The van der Waals surface area contributed by atoms with E-state index in [2.05, 4.69) is 0 Å². The van der Waals surface area contributed by atoms with Crippen LogP contribution in [0.1, 0.15) is 24.8 Å². The molecule has 1 amide bonds. The lowest BCUT2D eigenvalue weighted by molar-refractivity contribution is -0.168. The van der Waals surface area contributed by atoms with Gasteiger partial charge in [0.05, 0.1) is 20.5 Å². The molecule has 0 saturated carbocycles. The van der Waals surface area contributed by atoms with Crippen LogP contribution < -0.4 is 4.74 Å². The lowest BCUT2D eigenvalue weighted by Crippen LogP contribution is -2.36. The summed E-state index contributed by atoms with van der Waals surface area (Å²) in [4.78, 5) is 16.8. The number of hydrogen-bond acceptors (Lipinski definition) is 6. The van der Waals surface area contributed by atoms with E-state index in [0.29, 0.717) is 13.0 Å². The van der Waals surface area contributed by atoms with E-state index in [1.165, 1.54) is 24.0 Å². The van der Waals surface area contributed by atoms with E-state index in [4.69, 9.17) is 9.57 Å². The lowest BCUT2D eigenvalue weighted by atomic mass is 10.1. The summed E-state index contributed by atoms with van der Waals surface area (Å²) in [7, 11) is 1.32. The Morgan fingerprint density at radius 1 is 1.30 bits per heavy atom. The van der Waals surface area contributed by atoms with Gasteiger partial charge in [0, 0.05) is 37.1 Å². The number of amides is 1. The second-order valence-electron chi connectivity index (χ2n) is 6.62. The molecule has 1 heterocycles. The summed E-state index contributed by atoms with van der Waals surface area (Å²) in [5.41, 5.74) is 1.17. The fourth-order valence-electron chi connectivity index (χ4n) is 3.12. The van der Waals surface area contributed by atoms with Crippen LogP contribution in [0.4, 0.5) is 0 Å². The van der Waals surface area contributed by atoms with Gasteiger partial charge < -0.3 is 4.74 Å². The molecule has 0 bridgehead atoms. The van der Waals surface area contributed by atoms with Crippen molar-refractivity contribution in [3.63, 3.8) is 0 Å². The number of rotatable bonds is 9. The summed E-state index contributed by atoms with van der Waals surface area (Å²) >= 11 is 1.75. The number of nitrogens with zero attached hydrogens (tertiary/aromatic N) is 2. The smallest absolute Gasteiger partial charge is 0.245 e. The number of carbonyl (C=O) groups excluding carboxylic acids is 1. The molecule has 27 heavy (non-hydrogen) atoms. The summed E-state index contributed by atoms with van der Waals surface area (Å²) in [6.45, 7) is 0.485. The molecular formula is C18H28N2O5S2. The van der Waals surface area contributed by atoms with Gasteiger partial charge in [0.25, 0.3) is 0 Å². The summed E-state index contributed by atoms with van der Waals surface area (Å²) in [5, 5.41) is 1.39. The highest BCUT2D eigenvalue weighted by atomic mass is 32.2. The molecule has 2 unspecified atom stereocenters. The average Bonchev–Trinajstić information content (AvgIpc) is 3.07. The number of carbonyl (C=O) groups is 1. The molecule has 0 spiro atoms. The highest BCUT2D eigenvalue weighted by Gasteiger charge is 2.37. The molecule has 2 rings (SSSR count). The number of sulfonamides is 1. The third-order valence-electron chi connectivity index (χ3n) is 4.71. The predicted molar refractivity (Wildman–Crippen MR) is 107 cm³/mol. The first-order chi connectivity index (χ1) is 12.7. The van der Waals surface area contributed by atoms with Crippen LogP contribution in [-0.2, 0) is 25.4 Å². The molecule has 1 aromatic rings. The Morgan fingerprint density at radius 2 is 1.96 bits per heavy atom. The molecule has 9 heteroatoms. The van der Waals surface area contributed by atoms with Crippen molar-refractivity contribution in [3.8, 4) is 5.75 Å². The first-order valence-electron chi connectivity index (χ1n) is 8.76. The molecule has 2 atom stereocenters. The summed E-state index contributed by atoms with van der Waals surface area (Å²) in [6, 6.07) is 7.74. The van der Waals surface area contributed by atoms with Gasteiger partial charge in [-0.2, -0.15) is 16.1 Å². The van der Waals surface area contributed by atoms with Crippen LogP contribution in [0.5, 0.6) is 5.75 Å². The molecule has 0 N–H and O–H groups in total. The van der Waals surface area contributed by atoms with E-state index in [9.17, 15) is 13.2 Å². The molecule has 1 aliphatic rings. The normalized spacial score (nSPS) is 20.6. The molecular weight excluding hydrogens is 388 g/mol. The molecule has 0 radical (unpaired) electrons. The minimum absolute atomic E-state index is 0.150. The highest BCUT2D eigenvalue weighted by molar-refractivity contribution is 7.99. The van der Waals surface area contributed by atoms with E-state index in [-0.39, 0.29) is 23.6 Å². The number of hydrogen-bond donors (Lipinski definition) is 0. The molecule has 7 nitrogen and oxygen atoms in total. The second-order valence-corrected chi connectivity index (χ2v) is 9.84. The monoisotopic (exact) mass is 416 g/mol. The van der Waals surface area contributed by atoms with Gasteiger partial charge in [0.15, 0.2) is 0 Å². The van der Waals surface area contributed by atoms with Gasteiger partial charge in [-0.1, -0.05) is 12.1 Å². The quantitative estimate of drug-likeness (QED) is 0.574. The zero-order valence-corrected chi connectivity index (χ0v) is 17.9. The van der Waals surface area contributed by atoms with Gasteiger partial charge in [0.2, 0.25) is 15.9 Å². The Bertz CT molecular complexity index is 724. The minimum atomic E-state index is -3.30. The van der Waals surface area contributed by atoms with Crippen LogP contribution in [-0.4, -0.2) is 69.1 Å². The van der Waals surface area contributed by atoms with E-state index in [1.807, 2.05) is 24.3 Å². The fraction of sp³-hybridized carbons (Fsp3) is 0.611. The van der Waals surface area contributed by atoms with Crippen molar-refractivity contribution >= 4 is 27.7 Å². The first-order valence-corrected chi connectivity index (χ1v) is 11.7. The second kappa shape index (κ2) is 9.77. The SMILES string of the molecule is COc1ccc(CSC2CC(CCC(=O)N(C)OC)N(S(C)(=O)=O)C2)cc1. The average molecular weight is 417 g/mol. The number of ether oxygens (including phenoxy) is 1. The van der Waals surface area contributed by atoms with Crippen molar-refractivity contribution < 1.29 is 22.8 Å². The molecule has 1 fully saturated rings. The Balaban J connectivity index is 1.94. The number of thioether (sulfide) groups is 1. The Labute approximate surface area is 166 Å². The van der Waals surface area contributed by atoms with Crippen molar-refractivity contribution in [2.75, 3.05) is 34.1 Å². The Kier molecular flexibility index (Phi) is 7.96. The summed E-state index contributed by atoms with van der Waals surface area (Å²) < 4.78 is 31.0. The maximum absolute atomic E-state index is 12.2. The van der Waals surface area contributed by atoms with Crippen molar-refractivity contribution in [3.05, 3.63) is 29.8 Å². The van der Waals surface area contributed by atoms with Gasteiger partial charge in [-0.05, 0) is 30.5 Å². The van der Waals surface area contributed by atoms with Crippen LogP contribution in [0.3, 0.4) is 0 Å². The van der Waals surface area contributed by atoms with Crippen LogP contribution in [0.2, 0.25) is 0 Å². The van der Waals surface area contributed by atoms with Crippen molar-refractivity contribution in [2.45, 2.75) is 36.3 Å². The molecule has 1 saturated heterocycles. The van der Waals surface area contributed by atoms with Crippen LogP contribution >= 0.6 is 11.8 Å². The topological polar surface area (TPSA) is 76.2 Å². The van der Waals surface area contributed by atoms with Crippen LogP contribution in [0.15, 0.2) is 24.3 Å². The maximum Gasteiger partial charge on any atom is 0.245 e. The molecule has 152 valence electrons. The van der Waals surface area contributed by atoms with Gasteiger partial charge in [0.1, 0.15) is 5.75 Å². The third kappa shape index (κ3) is 6.38. The number of methoxy groups -OCH3 is 1. The first kappa shape index (κ1) is 22.0. The largest absolute Gasteiger partial charge is 0.497 e. The highest BCUT2D eigenvalue weighted by Crippen LogP contribution is 2.33. The van der Waals surface area contributed by atoms with Crippen molar-refractivity contribution in [2.24, 2.45) is 0 Å². The van der Waals surface area contributed by atoms with Crippen molar-refractivity contribution in [1.82, 2.24) is 9.37 Å². The van der Waals surface area contributed by atoms with E-state index in [1.54, 1.807) is 30.2 Å². The molecule has 0 aromatic heterocycles. The molecule has 0 aliphatic carbocycles. The Morgan fingerprint density at radius 3 is 2.52 bits per heavy atom. The zero-order valence-electron chi connectivity index (χ0n) is 16.3. The number of hydroxylamine groups is 2.